The van der Waals surface area contributed by atoms with Crippen LogP contribution >= 0.6 is 24.0 Å². The number of nitrogens with zero attached hydrogens (tertiary/aromatic N) is 2. The lowest BCUT2D eigenvalue weighted by Crippen LogP contribution is -2.40. The highest BCUT2D eigenvalue weighted by Gasteiger charge is 2.09. The van der Waals surface area contributed by atoms with Crippen molar-refractivity contribution in [1.82, 2.24) is 15.5 Å². The second kappa shape index (κ2) is 13.3. The molecule has 0 spiro atoms. The summed E-state index contributed by atoms with van der Waals surface area (Å²) in [4.78, 5) is 6.81. The Morgan fingerprint density at radius 3 is 2.50 bits per heavy atom. The molecule has 0 amide bonds. The lowest BCUT2D eigenvalue weighted by Gasteiger charge is -2.26. The average molecular weight is 474 g/mol. The van der Waals surface area contributed by atoms with Gasteiger partial charge < -0.3 is 15.4 Å². The summed E-state index contributed by atoms with van der Waals surface area (Å²) < 4.78 is 5.38. The zero-order chi connectivity index (χ0) is 17.9. The molecule has 1 unspecified atom stereocenters. The molecule has 0 aliphatic carbocycles. The van der Waals surface area contributed by atoms with E-state index in [1.54, 1.807) is 0 Å². The van der Waals surface area contributed by atoms with Crippen LogP contribution in [-0.4, -0.2) is 63.8 Å². The molecule has 148 valence electrons. The standard InChI is InChI=1S/C20H34N4O.HI/c1-17-6-8-19(9-7-17)18(2)16-23-20(21-3)22-10-4-5-11-24-12-14-25-15-13-24;/h6-9,18H,4-5,10-16H2,1-3H3,(H2,21,22,23);1H. The predicted molar refractivity (Wildman–Crippen MR) is 121 cm³/mol. The minimum absolute atomic E-state index is 0. The number of hydrogen-bond acceptors (Lipinski definition) is 3. The maximum Gasteiger partial charge on any atom is 0.190 e. The summed E-state index contributed by atoms with van der Waals surface area (Å²) in [6.45, 7) is 11.3. The van der Waals surface area contributed by atoms with Gasteiger partial charge in [0, 0.05) is 33.2 Å². The van der Waals surface area contributed by atoms with Gasteiger partial charge in [0.05, 0.1) is 13.2 Å². The van der Waals surface area contributed by atoms with Crippen LogP contribution in [0, 0.1) is 6.92 Å². The van der Waals surface area contributed by atoms with Crippen LogP contribution in [0.25, 0.3) is 0 Å². The molecule has 0 aromatic heterocycles. The molecule has 0 radical (unpaired) electrons. The Hall–Kier alpha value is -0.860. The number of aryl methyl sites for hydroxylation is 1. The number of rotatable bonds is 8. The zero-order valence-electron chi connectivity index (χ0n) is 16.5. The molecule has 1 aromatic carbocycles. The number of hydrogen-bond donors (Lipinski definition) is 2. The van der Waals surface area contributed by atoms with Crippen molar-refractivity contribution >= 4 is 29.9 Å². The van der Waals surface area contributed by atoms with Crippen LogP contribution < -0.4 is 10.6 Å². The molecule has 6 heteroatoms. The topological polar surface area (TPSA) is 48.9 Å². The predicted octanol–water partition coefficient (Wildman–Crippen LogP) is 2.99. The molecule has 5 nitrogen and oxygen atoms in total. The Bertz CT molecular complexity index is 515. The number of aliphatic imine (C=N–C) groups is 1. The van der Waals surface area contributed by atoms with Crippen LogP contribution in [0.4, 0.5) is 0 Å². The average Bonchev–Trinajstić information content (AvgIpc) is 2.65. The van der Waals surface area contributed by atoms with Crippen LogP contribution in [0.5, 0.6) is 0 Å². The summed E-state index contributed by atoms with van der Waals surface area (Å²) in [5.74, 6) is 1.35. The Morgan fingerprint density at radius 2 is 1.85 bits per heavy atom. The van der Waals surface area contributed by atoms with Crippen molar-refractivity contribution in [3.63, 3.8) is 0 Å². The molecule has 0 bridgehead atoms. The molecule has 1 fully saturated rings. The summed E-state index contributed by atoms with van der Waals surface area (Å²) in [5, 5.41) is 6.85. The fourth-order valence-corrected chi connectivity index (χ4v) is 2.98. The van der Waals surface area contributed by atoms with Gasteiger partial charge >= 0.3 is 0 Å². The van der Waals surface area contributed by atoms with E-state index in [4.69, 9.17) is 4.74 Å². The fraction of sp³-hybridized carbons (Fsp3) is 0.650. The largest absolute Gasteiger partial charge is 0.379 e. The Kier molecular flexibility index (Phi) is 11.9. The normalized spacial score (nSPS) is 16.7. The zero-order valence-corrected chi connectivity index (χ0v) is 18.8. The van der Waals surface area contributed by atoms with E-state index in [1.807, 2.05) is 7.05 Å². The van der Waals surface area contributed by atoms with E-state index < -0.39 is 0 Å². The maximum absolute atomic E-state index is 5.38. The fourth-order valence-electron chi connectivity index (χ4n) is 2.98. The van der Waals surface area contributed by atoms with Gasteiger partial charge in [0.15, 0.2) is 5.96 Å². The van der Waals surface area contributed by atoms with Crippen LogP contribution in [0.3, 0.4) is 0 Å². The highest BCUT2D eigenvalue weighted by Crippen LogP contribution is 2.14. The molecular formula is C20H35IN4O. The van der Waals surface area contributed by atoms with E-state index in [9.17, 15) is 0 Å². The van der Waals surface area contributed by atoms with Crippen molar-refractivity contribution in [2.45, 2.75) is 32.6 Å². The second-order valence-electron chi connectivity index (χ2n) is 6.85. The minimum atomic E-state index is 0. The molecule has 2 rings (SSSR count). The molecule has 1 aromatic rings. The third-order valence-electron chi connectivity index (χ3n) is 4.74. The maximum atomic E-state index is 5.38. The van der Waals surface area contributed by atoms with Crippen molar-refractivity contribution < 1.29 is 4.74 Å². The first-order valence-corrected chi connectivity index (χ1v) is 9.50. The lowest BCUT2D eigenvalue weighted by molar-refractivity contribution is 0.0372. The first-order chi connectivity index (χ1) is 12.2. The molecule has 1 aliphatic rings. The Labute approximate surface area is 176 Å². The van der Waals surface area contributed by atoms with Crippen LogP contribution in [0.15, 0.2) is 29.3 Å². The Balaban J connectivity index is 0.00000338. The van der Waals surface area contributed by atoms with Gasteiger partial charge in [-0.25, -0.2) is 0 Å². The van der Waals surface area contributed by atoms with Gasteiger partial charge in [-0.15, -0.1) is 24.0 Å². The van der Waals surface area contributed by atoms with Gasteiger partial charge in [-0.05, 0) is 37.8 Å². The van der Waals surface area contributed by atoms with Gasteiger partial charge in [0.25, 0.3) is 0 Å². The summed E-state index contributed by atoms with van der Waals surface area (Å²) in [6.07, 6.45) is 2.37. The third-order valence-corrected chi connectivity index (χ3v) is 4.74. The first-order valence-electron chi connectivity index (χ1n) is 9.50. The number of morpholine rings is 1. The molecule has 0 saturated carbocycles. The summed E-state index contributed by atoms with van der Waals surface area (Å²) in [6, 6.07) is 8.77. The number of guanidine groups is 1. The van der Waals surface area contributed by atoms with E-state index in [-0.39, 0.29) is 24.0 Å². The molecule has 2 N–H and O–H groups in total. The van der Waals surface area contributed by atoms with Crippen molar-refractivity contribution in [2.24, 2.45) is 4.99 Å². The molecule has 1 atom stereocenters. The van der Waals surface area contributed by atoms with Gasteiger partial charge in [-0.1, -0.05) is 36.8 Å². The van der Waals surface area contributed by atoms with Crippen LogP contribution in [0.1, 0.15) is 36.8 Å². The smallest absolute Gasteiger partial charge is 0.190 e. The number of unbranched alkanes of at least 4 members (excludes halogenated alkanes) is 1. The molecule has 26 heavy (non-hydrogen) atoms. The molecule has 1 saturated heterocycles. The van der Waals surface area contributed by atoms with Gasteiger partial charge in [-0.3, -0.25) is 9.89 Å². The monoisotopic (exact) mass is 474 g/mol. The number of benzene rings is 1. The van der Waals surface area contributed by atoms with Crippen molar-refractivity contribution in [1.29, 1.82) is 0 Å². The third kappa shape index (κ3) is 8.68. The summed E-state index contributed by atoms with van der Waals surface area (Å²) in [7, 11) is 1.83. The lowest BCUT2D eigenvalue weighted by atomic mass is 10.0. The highest BCUT2D eigenvalue weighted by atomic mass is 127. The van der Waals surface area contributed by atoms with E-state index in [0.29, 0.717) is 5.92 Å². The summed E-state index contributed by atoms with van der Waals surface area (Å²) in [5.41, 5.74) is 2.66. The van der Waals surface area contributed by atoms with E-state index in [1.165, 1.54) is 24.1 Å². The van der Waals surface area contributed by atoms with Crippen molar-refractivity contribution in [2.75, 3.05) is 53.0 Å². The number of halogens is 1. The SMILES string of the molecule is CN=C(NCCCCN1CCOCC1)NCC(C)c1ccc(C)cc1.I. The number of ether oxygens (including phenoxy) is 1. The quantitative estimate of drug-likeness (QED) is 0.263. The minimum Gasteiger partial charge on any atom is -0.379 e. The van der Waals surface area contributed by atoms with Crippen LogP contribution in [0.2, 0.25) is 0 Å². The second-order valence-corrected chi connectivity index (χ2v) is 6.85. The molecule has 1 aliphatic heterocycles. The van der Waals surface area contributed by atoms with Crippen molar-refractivity contribution in [3.05, 3.63) is 35.4 Å². The van der Waals surface area contributed by atoms with Crippen LogP contribution in [-0.2, 0) is 4.74 Å². The van der Waals surface area contributed by atoms with Gasteiger partial charge in [-0.2, -0.15) is 0 Å². The molecular weight excluding hydrogens is 439 g/mol. The summed E-state index contributed by atoms with van der Waals surface area (Å²) >= 11 is 0. The highest BCUT2D eigenvalue weighted by molar-refractivity contribution is 14.0. The van der Waals surface area contributed by atoms with E-state index >= 15 is 0 Å². The first kappa shape index (κ1) is 23.2. The van der Waals surface area contributed by atoms with E-state index in [0.717, 1.165) is 51.8 Å². The molecule has 1 heterocycles. The Morgan fingerprint density at radius 1 is 1.15 bits per heavy atom. The van der Waals surface area contributed by atoms with Crippen molar-refractivity contribution in [3.8, 4) is 0 Å². The number of nitrogens with one attached hydrogen (secondary N) is 2. The van der Waals surface area contributed by atoms with E-state index in [2.05, 4.69) is 58.6 Å². The van der Waals surface area contributed by atoms with Gasteiger partial charge in [0.1, 0.15) is 0 Å². The van der Waals surface area contributed by atoms with Gasteiger partial charge in [0.2, 0.25) is 0 Å².